The average Bonchev–Trinajstić information content (AvgIpc) is 2.93. The molecule has 8 heteroatoms. The fraction of sp³-hybridized carbons (Fsp3) is 0.286. The molecule has 0 unspecified atom stereocenters. The Morgan fingerprint density at radius 2 is 2.00 bits per heavy atom. The third-order valence-corrected chi connectivity index (χ3v) is 8.02. The second-order valence-electron chi connectivity index (χ2n) is 4.90. The van der Waals surface area contributed by atoms with E-state index in [0.717, 1.165) is 12.1 Å². The van der Waals surface area contributed by atoms with Crippen molar-refractivity contribution in [3.05, 3.63) is 46.8 Å². The molecule has 3 rings (SSSR count). The van der Waals surface area contributed by atoms with E-state index in [9.17, 15) is 21.6 Å². The minimum absolute atomic E-state index is 0.0388. The van der Waals surface area contributed by atoms with Gasteiger partial charge in [0.05, 0.1) is 11.3 Å². The van der Waals surface area contributed by atoms with E-state index < -0.39 is 21.6 Å². The fourth-order valence-corrected chi connectivity index (χ4v) is 6.87. The van der Waals surface area contributed by atoms with Crippen molar-refractivity contribution in [1.29, 1.82) is 0 Å². The van der Waals surface area contributed by atoms with Crippen molar-refractivity contribution in [3.8, 4) is 0 Å². The van der Waals surface area contributed by atoms with Crippen molar-refractivity contribution >= 4 is 32.9 Å². The summed E-state index contributed by atoms with van der Waals surface area (Å²) in [6.45, 7) is 0. The number of benzene rings is 1. The third-order valence-electron chi connectivity index (χ3n) is 3.38. The van der Waals surface area contributed by atoms with Gasteiger partial charge in [-0.15, -0.1) is 23.1 Å². The van der Waals surface area contributed by atoms with Crippen LogP contribution in [0.1, 0.15) is 22.8 Å². The molecule has 0 bridgehead atoms. The Morgan fingerprint density at radius 1 is 1.23 bits per heavy atom. The molecular formula is C14H11F3O2S3. The molecule has 22 heavy (non-hydrogen) atoms. The van der Waals surface area contributed by atoms with Crippen LogP contribution in [0.25, 0.3) is 0 Å². The van der Waals surface area contributed by atoms with Crippen LogP contribution in [0.4, 0.5) is 13.2 Å². The normalized spacial score (nSPS) is 20.6. The topological polar surface area (TPSA) is 34.1 Å². The number of alkyl halides is 3. The molecule has 1 atom stereocenters. The van der Waals surface area contributed by atoms with Crippen molar-refractivity contribution in [2.45, 2.75) is 27.0 Å². The van der Waals surface area contributed by atoms with Gasteiger partial charge in [0, 0.05) is 10.1 Å². The lowest BCUT2D eigenvalue weighted by Crippen LogP contribution is -2.16. The first-order valence-corrected chi connectivity index (χ1v) is 9.82. The Hall–Kier alpha value is -0.990. The molecule has 1 aliphatic heterocycles. The average molecular weight is 364 g/mol. The van der Waals surface area contributed by atoms with Gasteiger partial charge in [0.25, 0.3) is 0 Å². The van der Waals surface area contributed by atoms with Crippen LogP contribution in [0.5, 0.6) is 0 Å². The summed E-state index contributed by atoms with van der Waals surface area (Å²) in [4.78, 5) is 0.497. The number of fused-ring (bicyclic) bond motifs is 1. The molecule has 1 aromatic carbocycles. The second kappa shape index (κ2) is 5.58. The zero-order valence-electron chi connectivity index (χ0n) is 11.1. The Balaban J connectivity index is 1.90. The molecule has 1 aliphatic rings. The van der Waals surface area contributed by atoms with Gasteiger partial charge >= 0.3 is 6.18 Å². The molecule has 2 heterocycles. The summed E-state index contributed by atoms with van der Waals surface area (Å²) >= 11 is 2.46. The Morgan fingerprint density at radius 3 is 2.73 bits per heavy atom. The number of halogens is 3. The standard InChI is InChI=1S/C14H11F3O2S3/c15-14(16,17)9-2-1-3-10(8-9)21-12-5-7-22(18,19)13-11(12)4-6-20-13/h1-4,6,8,12H,5,7H2/t12-/m0/s1. The zero-order chi connectivity index (χ0) is 16.0. The molecule has 0 spiro atoms. The molecule has 0 amide bonds. The Bertz CT molecular complexity index is 794. The van der Waals surface area contributed by atoms with Crippen molar-refractivity contribution in [1.82, 2.24) is 0 Å². The summed E-state index contributed by atoms with van der Waals surface area (Å²) in [5.74, 6) is 0.0388. The van der Waals surface area contributed by atoms with Crippen LogP contribution in [0.3, 0.4) is 0 Å². The highest BCUT2D eigenvalue weighted by molar-refractivity contribution is 8.00. The molecule has 0 aliphatic carbocycles. The Labute approximate surface area is 134 Å². The molecular weight excluding hydrogens is 353 g/mol. The van der Waals surface area contributed by atoms with E-state index in [1.807, 2.05) is 0 Å². The summed E-state index contributed by atoms with van der Waals surface area (Å²) in [5, 5.41) is 1.58. The van der Waals surface area contributed by atoms with E-state index in [1.54, 1.807) is 17.5 Å². The van der Waals surface area contributed by atoms with Crippen LogP contribution < -0.4 is 0 Å². The minimum Gasteiger partial charge on any atom is -0.223 e. The van der Waals surface area contributed by atoms with E-state index in [-0.39, 0.29) is 11.0 Å². The van der Waals surface area contributed by atoms with Crippen LogP contribution in [0.2, 0.25) is 0 Å². The maximum Gasteiger partial charge on any atom is 0.416 e. The lowest BCUT2D eigenvalue weighted by Gasteiger charge is -2.22. The van der Waals surface area contributed by atoms with Crippen LogP contribution in [0.15, 0.2) is 44.8 Å². The SMILES string of the molecule is O=S1(=O)CC[C@H](Sc2cccc(C(F)(F)F)c2)c2ccsc21. The van der Waals surface area contributed by atoms with Gasteiger partial charge < -0.3 is 0 Å². The maximum atomic E-state index is 12.8. The van der Waals surface area contributed by atoms with Crippen LogP contribution >= 0.6 is 23.1 Å². The van der Waals surface area contributed by atoms with E-state index in [2.05, 4.69) is 0 Å². The largest absolute Gasteiger partial charge is 0.416 e. The molecule has 0 saturated carbocycles. The van der Waals surface area contributed by atoms with Gasteiger partial charge in [-0.3, -0.25) is 0 Å². The van der Waals surface area contributed by atoms with E-state index >= 15 is 0 Å². The van der Waals surface area contributed by atoms with Crippen molar-refractivity contribution in [2.24, 2.45) is 0 Å². The van der Waals surface area contributed by atoms with E-state index in [0.29, 0.717) is 21.1 Å². The zero-order valence-corrected chi connectivity index (χ0v) is 13.6. The maximum absolute atomic E-state index is 12.8. The van der Waals surface area contributed by atoms with Gasteiger partial charge in [0.2, 0.25) is 0 Å². The highest BCUT2D eigenvalue weighted by Crippen LogP contribution is 2.46. The van der Waals surface area contributed by atoms with Gasteiger partial charge in [-0.25, -0.2) is 8.42 Å². The number of thiophene rings is 1. The predicted molar refractivity (Wildman–Crippen MR) is 81.0 cm³/mol. The van der Waals surface area contributed by atoms with Crippen molar-refractivity contribution < 1.29 is 21.6 Å². The van der Waals surface area contributed by atoms with Gasteiger partial charge in [-0.1, -0.05) is 6.07 Å². The van der Waals surface area contributed by atoms with Crippen LogP contribution in [0, 0.1) is 0 Å². The lowest BCUT2D eigenvalue weighted by molar-refractivity contribution is -0.137. The molecule has 2 aromatic rings. The van der Waals surface area contributed by atoms with Gasteiger partial charge in [-0.05, 0) is 41.6 Å². The van der Waals surface area contributed by atoms with Crippen molar-refractivity contribution in [3.63, 3.8) is 0 Å². The number of thioether (sulfide) groups is 1. The van der Waals surface area contributed by atoms with Gasteiger partial charge in [0.15, 0.2) is 9.84 Å². The molecule has 0 saturated heterocycles. The first-order chi connectivity index (χ1) is 10.3. The number of hydrogen-bond acceptors (Lipinski definition) is 4. The fourth-order valence-electron chi connectivity index (χ4n) is 2.34. The number of hydrogen-bond donors (Lipinski definition) is 0. The Kier molecular flexibility index (Phi) is 4.03. The highest BCUT2D eigenvalue weighted by atomic mass is 32.2. The van der Waals surface area contributed by atoms with Crippen molar-refractivity contribution in [2.75, 3.05) is 5.75 Å². The third kappa shape index (κ3) is 3.04. The van der Waals surface area contributed by atoms with E-state index in [1.165, 1.54) is 29.2 Å². The van der Waals surface area contributed by atoms with Crippen LogP contribution in [-0.4, -0.2) is 14.2 Å². The van der Waals surface area contributed by atoms with Gasteiger partial charge in [-0.2, -0.15) is 13.2 Å². The smallest absolute Gasteiger partial charge is 0.223 e. The first kappa shape index (κ1) is 15.9. The molecule has 118 valence electrons. The predicted octanol–water partition coefficient (Wildman–Crippen LogP) is 4.78. The first-order valence-electron chi connectivity index (χ1n) is 6.41. The molecule has 0 fully saturated rings. The summed E-state index contributed by atoms with van der Waals surface area (Å²) in [6.07, 6.45) is -3.97. The minimum atomic E-state index is -4.37. The number of sulfone groups is 1. The van der Waals surface area contributed by atoms with E-state index in [4.69, 9.17) is 0 Å². The molecule has 0 radical (unpaired) electrons. The highest BCUT2D eigenvalue weighted by Gasteiger charge is 2.33. The molecule has 1 aromatic heterocycles. The monoisotopic (exact) mass is 364 g/mol. The second-order valence-corrected chi connectivity index (χ2v) is 9.40. The summed E-state index contributed by atoms with van der Waals surface area (Å²) in [5.41, 5.74) is 0.0186. The quantitative estimate of drug-likeness (QED) is 0.769. The summed E-state index contributed by atoms with van der Waals surface area (Å²) < 4.78 is 62.5. The summed E-state index contributed by atoms with van der Waals surface area (Å²) in [7, 11) is -3.23. The summed E-state index contributed by atoms with van der Waals surface area (Å²) in [6, 6.07) is 6.89. The lowest BCUT2D eigenvalue weighted by atomic mass is 10.2. The van der Waals surface area contributed by atoms with Gasteiger partial charge in [0.1, 0.15) is 4.21 Å². The molecule has 0 N–H and O–H groups in total. The molecule has 2 nitrogen and oxygen atoms in total. The van der Waals surface area contributed by atoms with Crippen LogP contribution in [-0.2, 0) is 16.0 Å². The number of rotatable bonds is 2.